The summed E-state index contributed by atoms with van der Waals surface area (Å²) in [6, 6.07) is 7.61. The molecular formula is C15H23ClN2O2S. The molecule has 0 heterocycles. The monoisotopic (exact) mass is 330 g/mol. The third-order valence-corrected chi connectivity index (χ3v) is 6.60. The first-order chi connectivity index (χ1) is 9.82. The topological polar surface area (TPSA) is 49.4 Å². The maximum atomic E-state index is 12.6. The number of rotatable bonds is 7. The van der Waals surface area contributed by atoms with Crippen molar-refractivity contribution in [3.05, 3.63) is 34.9 Å². The summed E-state index contributed by atoms with van der Waals surface area (Å²) in [5.41, 5.74) is 0.899. The molecule has 21 heavy (non-hydrogen) atoms. The Balaban J connectivity index is 2.06. The van der Waals surface area contributed by atoms with Crippen molar-refractivity contribution in [3.8, 4) is 0 Å². The maximum Gasteiger partial charge on any atom is 0.218 e. The van der Waals surface area contributed by atoms with Gasteiger partial charge in [0.05, 0.1) is 5.25 Å². The van der Waals surface area contributed by atoms with Crippen molar-refractivity contribution in [1.82, 2.24) is 9.62 Å². The standard InChI is InChI=1S/C15H23ClN2O2S/c1-11(10-17-15-7-8-15)21(19,20)18(3)12(2)13-5-4-6-14(16)9-13/h4-6,9,11-12,15,17H,7-8,10H2,1-3H3. The highest BCUT2D eigenvalue weighted by atomic mass is 35.5. The van der Waals surface area contributed by atoms with Gasteiger partial charge in [0.25, 0.3) is 0 Å². The minimum Gasteiger partial charge on any atom is -0.313 e. The van der Waals surface area contributed by atoms with Crippen LogP contribution < -0.4 is 5.32 Å². The molecule has 1 aromatic carbocycles. The van der Waals surface area contributed by atoms with Gasteiger partial charge in [0.15, 0.2) is 0 Å². The lowest BCUT2D eigenvalue weighted by Crippen LogP contribution is -2.41. The van der Waals surface area contributed by atoms with E-state index >= 15 is 0 Å². The van der Waals surface area contributed by atoms with Gasteiger partial charge in [-0.15, -0.1) is 0 Å². The lowest BCUT2D eigenvalue weighted by atomic mass is 10.1. The molecule has 2 unspecified atom stereocenters. The molecule has 1 aromatic rings. The average Bonchev–Trinajstić information content (AvgIpc) is 3.27. The van der Waals surface area contributed by atoms with Crippen LogP contribution in [0, 0.1) is 0 Å². The summed E-state index contributed by atoms with van der Waals surface area (Å²) in [4.78, 5) is 0. The molecule has 1 N–H and O–H groups in total. The van der Waals surface area contributed by atoms with E-state index in [0.29, 0.717) is 17.6 Å². The van der Waals surface area contributed by atoms with Crippen LogP contribution in [-0.2, 0) is 10.0 Å². The van der Waals surface area contributed by atoms with Gasteiger partial charge in [-0.2, -0.15) is 4.31 Å². The fourth-order valence-corrected chi connectivity index (χ4v) is 3.84. The van der Waals surface area contributed by atoms with Crippen LogP contribution in [0.4, 0.5) is 0 Å². The third kappa shape index (κ3) is 4.19. The van der Waals surface area contributed by atoms with E-state index in [1.807, 2.05) is 25.1 Å². The summed E-state index contributed by atoms with van der Waals surface area (Å²) >= 11 is 5.98. The zero-order chi connectivity index (χ0) is 15.6. The number of hydrogen-bond donors (Lipinski definition) is 1. The van der Waals surface area contributed by atoms with Crippen molar-refractivity contribution < 1.29 is 8.42 Å². The third-order valence-electron chi connectivity index (χ3n) is 4.06. The molecule has 0 radical (unpaired) electrons. The van der Waals surface area contributed by atoms with Crippen molar-refractivity contribution >= 4 is 21.6 Å². The van der Waals surface area contributed by atoms with E-state index in [4.69, 9.17) is 11.6 Å². The van der Waals surface area contributed by atoms with Crippen molar-refractivity contribution in [3.63, 3.8) is 0 Å². The molecule has 1 aliphatic carbocycles. The number of hydrogen-bond acceptors (Lipinski definition) is 3. The Kier molecular flexibility index (Phi) is 5.30. The van der Waals surface area contributed by atoms with Gasteiger partial charge in [-0.3, -0.25) is 0 Å². The van der Waals surface area contributed by atoms with E-state index < -0.39 is 15.3 Å². The summed E-state index contributed by atoms with van der Waals surface area (Å²) < 4.78 is 26.7. The maximum absolute atomic E-state index is 12.6. The first kappa shape index (κ1) is 16.7. The largest absolute Gasteiger partial charge is 0.313 e. The highest BCUT2D eigenvalue weighted by Crippen LogP contribution is 2.26. The number of nitrogens with one attached hydrogen (secondary N) is 1. The van der Waals surface area contributed by atoms with E-state index in [0.717, 1.165) is 18.4 Å². The molecule has 0 bridgehead atoms. The van der Waals surface area contributed by atoms with Crippen LogP contribution in [0.5, 0.6) is 0 Å². The highest BCUT2D eigenvalue weighted by molar-refractivity contribution is 7.89. The van der Waals surface area contributed by atoms with Gasteiger partial charge in [-0.05, 0) is 44.4 Å². The molecule has 0 aromatic heterocycles. The van der Waals surface area contributed by atoms with Crippen LogP contribution in [0.1, 0.15) is 38.3 Å². The zero-order valence-electron chi connectivity index (χ0n) is 12.7. The smallest absolute Gasteiger partial charge is 0.218 e. The molecule has 2 rings (SSSR count). The Bertz CT molecular complexity index is 587. The molecule has 6 heteroatoms. The lowest BCUT2D eigenvalue weighted by molar-refractivity contribution is 0.391. The molecule has 0 spiro atoms. The van der Waals surface area contributed by atoms with Crippen LogP contribution in [0.2, 0.25) is 5.02 Å². The normalized spacial score (nSPS) is 18.7. The van der Waals surface area contributed by atoms with Gasteiger partial charge in [0.2, 0.25) is 10.0 Å². The van der Waals surface area contributed by atoms with Crippen LogP contribution in [0.25, 0.3) is 0 Å². The second-order valence-electron chi connectivity index (χ2n) is 5.79. The van der Waals surface area contributed by atoms with Gasteiger partial charge in [0, 0.05) is 30.7 Å². The summed E-state index contributed by atoms with van der Waals surface area (Å²) in [5.74, 6) is 0. The molecule has 118 valence electrons. The molecule has 1 fully saturated rings. The SMILES string of the molecule is CC(c1cccc(Cl)c1)N(C)S(=O)(=O)C(C)CNC1CC1. The summed E-state index contributed by atoms with van der Waals surface area (Å²) in [6.07, 6.45) is 2.31. The summed E-state index contributed by atoms with van der Waals surface area (Å²) in [5, 5.41) is 3.46. The van der Waals surface area contributed by atoms with Crippen molar-refractivity contribution in [2.24, 2.45) is 0 Å². The molecule has 0 amide bonds. The molecule has 2 atom stereocenters. The Labute approximate surface area is 132 Å². The van der Waals surface area contributed by atoms with Gasteiger partial charge in [-0.25, -0.2) is 8.42 Å². The highest BCUT2D eigenvalue weighted by Gasteiger charge is 2.31. The molecule has 0 saturated heterocycles. The number of sulfonamides is 1. The van der Waals surface area contributed by atoms with Crippen molar-refractivity contribution in [2.45, 2.75) is 44.0 Å². The number of halogens is 1. The minimum absolute atomic E-state index is 0.239. The molecule has 1 saturated carbocycles. The van der Waals surface area contributed by atoms with Gasteiger partial charge < -0.3 is 5.32 Å². The van der Waals surface area contributed by atoms with E-state index in [-0.39, 0.29) is 6.04 Å². The summed E-state index contributed by atoms with van der Waals surface area (Å²) in [6.45, 7) is 4.13. The first-order valence-corrected chi connectivity index (χ1v) is 9.16. The van der Waals surface area contributed by atoms with Gasteiger partial charge in [0.1, 0.15) is 0 Å². The second-order valence-corrected chi connectivity index (χ2v) is 8.63. The second kappa shape index (κ2) is 6.65. The first-order valence-electron chi connectivity index (χ1n) is 7.28. The lowest BCUT2D eigenvalue weighted by Gasteiger charge is -2.28. The average molecular weight is 331 g/mol. The summed E-state index contributed by atoms with van der Waals surface area (Å²) in [7, 11) is -1.71. The predicted molar refractivity (Wildman–Crippen MR) is 87.0 cm³/mol. The molecule has 4 nitrogen and oxygen atoms in total. The Morgan fingerprint density at radius 2 is 2.05 bits per heavy atom. The van der Waals surface area contributed by atoms with Crippen LogP contribution in [-0.4, -0.2) is 37.6 Å². The molecular weight excluding hydrogens is 308 g/mol. The minimum atomic E-state index is -3.34. The van der Waals surface area contributed by atoms with E-state index in [1.165, 1.54) is 4.31 Å². The van der Waals surface area contributed by atoms with E-state index in [9.17, 15) is 8.42 Å². The molecule has 0 aliphatic heterocycles. The number of benzene rings is 1. The van der Waals surface area contributed by atoms with E-state index in [2.05, 4.69) is 5.32 Å². The Hall–Kier alpha value is -0.620. The van der Waals surface area contributed by atoms with Gasteiger partial charge >= 0.3 is 0 Å². The Morgan fingerprint density at radius 3 is 2.62 bits per heavy atom. The fourth-order valence-electron chi connectivity index (χ4n) is 2.21. The Morgan fingerprint density at radius 1 is 1.38 bits per heavy atom. The van der Waals surface area contributed by atoms with Crippen LogP contribution in [0.15, 0.2) is 24.3 Å². The zero-order valence-corrected chi connectivity index (χ0v) is 14.3. The quantitative estimate of drug-likeness (QED) is 0.836. The number of nitrogens with zero attached hydrogens (tertiary/aromatic N) is 1. The van der Waals surface area contributed by atoms with Gasteiger partial charge in [-0.1, -0.05) is 23.7 Å². The molecule has 1 aliphatic rings. The predicted octanol–water partition coefficient (Wildman–Crippen LogP) is 2.80. The van der Waals surface area contributed by atoms with E-state index in [1.54, 1.807) is 20.0 Å². The van der Waals surface area contributed by atoms with Crippen LogP contribution >= 0.6 is 11.6 Å². The van der Waals surface area contributed by atoms with Crippen LogP contribution in [0.3, 0.4) is 0 Å². The van der Waals surface area contributed by atoms with Crippen molar-refractivity contribution in [2.75, 3.05) is 13.6 Å². The van der Waals surface area contributed by atoms with Crippen molar-refractivity contribution in [1.29, 1.82) is 0 Å². The fraction of sp³-hybridized carbons (Fsp3) is 0.600.